The van der Waals surface area contributed by atoms with Crippen LogP contribution in [0.3, 0.4) is 0 Å². The summed E-state index contributed by atoms with van der Waals surface area (Å²) < 4.78 is 1.25. The topological polar surface area (TPSA) is 67.3 Å². The van der Waals surface area contributed by atoms with Crippen molar-refractivity contribution >= 4 is 39.0 Å². The standard InChI is InChI=1S/C14H15N3O2S2/c1-2-7-6-9(19-17-7)11-15-12(18)10-8-4-3-5-20-14(8)21-13(10)16-11/h9H,2-6H2,1H3,(H,15,16,18). The average Bonchev–Trinajstić information content (AvgIpc) is 3.11. The lowest BCUT2D eigenvalue weighted by atomic mass is 10.1. The average molecular weight is 321 g/mol. The highest BCUT2D eigenvalue weighted by atomic mass is 32.2. The molecule has 2 aromatic heterocycles. The molecule has 0 amide bonds. The fourth-order valence-corrected chi connectivity index (χ4v) is 5.29. The molecule has 0 aromatic carbocycles. The second-order valence-corrected chi connectivity index (χ2v) is 7.62. The molecule has 21 heavy (non-hydrogen) atoms. The van der Waals surface area contributed by atoms with Gasteiger partial charge in [0.1, 0.15) is 4.83 Å². The highest BCUT2D eigenvalue weighted by Gasteiger charge is 2.26. The molecule has 2 aliphatic rings. The van der Waals surface area contributed by atoms with Gasteiger partial charge < -0.3 is 9.82 Å². The summed E-state index contributed by atoms with van der Waals surface area (Å²) in [6, 6.07) is 0. The Morgan fingerprint density at radius 3 is 3.19 bits per heavy atom. The first-order valence-electron chi connectivity index (χ1n) is 7.16. The van der Waals surface area contributed by atoms with E-state index in [1.54, 1.807) is 11.3 Å². The van der Waals surface area contributed by atoms with E-state index >= 15 is 0 Å². The van der Waals surface area contributed by atoms with Crippen molar-refractivity contribution in [2.24, 2.45) is 5.16 Å². The zero-order chi connectivity index (χ0) is 14.4. The Hall–Kier alpha value is -1.34. The molecule has 5 nitrogen and oxygen atoms in total. The van der Waals surface area contributed by atoms with E-state index in [0.29, 0.717) is 12.2 Å². The zero-order valence-electron chi connectivity index (χ0n) is 11.6. The van der Waals surface area contributed by atoms with Crippen LogP contribution in [0.5, 0.6) is 0 Å². The summed E-state index contributed by atoms with van der Waals surface area (Å²) >= 11 is 3.47. The number of fused-ring (bicyclic) bond motifs is 3. The van der Waals surface area contributed by atoms with Crippen LogP contribution in [0.25, 0.3) is 10.2 Å². The van der Waals surface area contributed by atoms with Gasteiger partial charge in [-0.2, -0.15) is 0 Å². The molecule has 7 heteroatoms. The van der Waals surface area contributed by atoms with Crippen molar-refractivity contribution in [3.8, 4) is 0 Å². The smallest absolute Gasteiger partial charge is 0.260 e. The molecule has 0 fully saturated rings. The molecule has 0 spiro atoms. The molecule has 1 N–H and O–H groups in total. The Morgan fingerprint density at radius 2 is 2.38 bits per heavy atom. The van der Waals surface area contributed by atoms with Crippen LogP contribution in [0.4, 0.5) is 0 Å². The van der Waals surface area contributed by atoms with E-state index < -0.39 is 0 Å². The van der Waals surface area contributed by atoms with Crippen LogP contribution < -0.4 is 5.56 Å². The number of hydrogen-bond acceptors (Lipinski definition) is 6. The maximum absolute atomic E-state index is 12.4. The summed E-state index contributed by atoms with van der Waals surface area (Å²) in [5.41, 5.74) is 2.16. The van der Waals surface area contributed by atoms with Crippen molar-refractivity contribution in [2.75, 3.05) is 5.75 Å². The number of aromatic nitrogens is 2. The van der Waals surface area contributed by atoms with Gasteiger partial charge in [-0.1, -0.05) is 12.1 Å². The molecule has 0 bridgehead atoms. The highest BCUT2D eigenvalue weighted by Crippen LogP contribution is 2.40. The first-order chi connectivity index (χ1) is 10.3. The largest absolute Gasteiger partial charge is 0.384 e. The minimum atomic E-state index is -0.246. The number of aryl methyl sites for hydroxylation is 1. The molecule has 1 atom stereocenters. The summed E-state index contributed by atoms with van der Waals surface area (Å²) in [6.07, 6.45) is 3.45. The number of hydrogen-bond donors (Lipinski definition) is 1. The number of thioether (sulfide) groups is 1. The summed E-state index contributed by atoms with van der Waals surface area (Å²) in [5, 5.41) is 4.82. The van der Waals surface area contributed by atoms with Gasteiger partial charge in [0.25, 0.3) is 5.56 Å². The van der Waals surface area contributed by atoms with Crippen LogP contribution in [-0.2, 0) is 11.3 Å². The van der Waals surface area contributed by atoms with Crippen LogP contribution in [0, 0.1) is 0 Å². The van der Waals surface area contributed by atoms with Gasteiger partial charge in [-0.3, -0.25) is 4.79 Å². The summed E-state index contributed by atoms with van der Waals surface area (Å²) in [6.45, 7) is 2.05. The van der Waals surface area contributed by atoms with Crippen molar-refractivity contribution in [3.63, 3.8) is 0 Å². The molecule has 0 radical (unpaired) electrons. The minimum absolute atomic E-state index is 0.0384. The third kappa shape index (κ3) is 2.19. The number of thiophene rings is 1. The lowest BCUT2D eigenvalue weighted by molar-refractivity contribution is 0.0792. The quantitative estimate of drug-likeness (QED) is 0.922. The molecule has 0 saturated carbocycles. The second kappa shape index (κ2) is 5.14. The van der Waals surface area contributed by atoms with Crippen molar-refractivity contribution in [2.45, 2.75) is 42.9 Å². The maximum Gasteiger partial charge on any atom is 0.260 e. The second-order valence-electron chi connectivity index (χ2n) is 5.26. The Morgan fingerprint density at radius 1 is 1.48 bits per heavy atom. The number of oxime groups is 1. The number of rotatable bonds is 2. The van der Waals surface area contributed by atoms with E-state index in [-0.39, 0.29) is 11.7 Å². The molecule has 0 saturated heterocycles. The lowest BCUT2D eigenvalue weighted by Gasteiger charge is -2.09. The molecule has 4 rings (SSSR count). The van der Waals surface area contributed by atoms with Gasteiger partial charge in [-0.05, 0) is 30.6 Å². The first kappa shape index (κ1) is 13.3. The molecule has 2 aliphatic heterocycles. The molecule has 1 unspecified atom stereocenters. The SMILES string of the molecule is CCC1=NOC(c2nc3sc4c(c3c(=O)[nH]2)CCCS4)C1. The Bertz CT molecular complexity index is 793. The van der Waals surface area contributed by atoms with E-state index in [4.69, 9.17) is 4.84 Å². The highest BCUT2D eigenvalue weighted by molar-refractivity contribution is 8.01. The summed E-state index contributed by atoms with van der Waals surface area (Å²) in [5.74, 6) is 1.73. The van der Waals surface area contributed by atoms with E-state index in [2.05, 4.69) is 22.0 Å². The van der Waals surface area contributed by atoms with E-state index in [1.165, 1.54) is 9.77 Å². The normalized spacial score (nSPS) is 21.2. The van der Waals surface area contributed by atoms with Gasteiger partial charge in [-0.15, -0.1) is 23.1 Å². The van der Waals surface area contributed by atoms with E-state index in [9.17, 15) is 4.79 Å². The van der Waals surface area contributed by atoms with Crippen LogP contribution in [0.1, 0.15) is 43.7 Å². The first-order valence-corrected chi connectivity index (χ1v) is 8.96. The number of aromatic amines is 1. The van der Waals surface area contributed by atoms with Gasteiger partial charge in [0.05, 0.1) is 15.3 Å². The van der Waals surface area contributed by atoms with Gasteiger partial charge >= 0.3 is 0 Å². The van der Waals surface area contributed by atoms with E-state index in [0.717, 1.165) is 40.9 Å². The predicted molar refractivity (Wildman–Crippen MR) is 85.5 cm³/mol. The van der Waals surface area contributed by atoms with Crippen molar-refractivity contribution in [3.05, 3.63) is 21.7 Å². The van der Waals surface area contributed by atoms with Crippen LogP contribution in [-0.4, -0.2) is 21.4 Å². The van der Waals surface area contributed by atoms with Gasteiger partial charge in [0.2, 0.25) is 0 Å². The Kier molecular flexibility index (Phi) is 3.26. The molecule has 110 valence electrons. The fourth-order valence-electron chi connectivity index (χ4n) is 2.75. The number of nitrogens with zero attached hydrogens (tertiary/aromatic N) is 2. The van der Waals surface area contributed by atoms with Crippen molar-refractivity contribution in [1.29, 1.82) is 0 Å². The Labute approximate surface area is 129 Å². The van der Waals surface area contributed by atoms with Crippen LogP contribution in [0.15, 0.2) is 14.2 Å². The fraction of sp³-hybridized carbons (Fsp3) is 0.500. The van der Waals surface area contributed by atoms with Crippen molar-refractivity contribution < 1.29 is 4.84 Å². The van der Waals surface area contributed by atoms with Crippen LogP contribution >= 0.6 is 23.1 Å². The third-order valence-corrected chi connectivity index (χ3v) is 6.41. The van der Waals surface area contributed by atoms with Gasteiger partial charge in [-0.25, -0.2) is 4.98 Å². The van der Waals surface area contributed by atoms with Gasteiger partial charge in [0.15, 0.2) is 11.9 Å². The van der Waals surface area contributed by atoms with E-state index in [1.807, 2.05) is 11.8 Å². The molecular formula is C14H15N3O2S2. The van der Waals surface area contributed by atoms with Crippen molar-refractivity contribution in [1.82, 2.24) is 9.97 Å². The minimum Gasteiger partial charge on any atom is -0.384 e. The predicted octanol–water partition coefficient (Wildman–Crippen LogP) is 3.25. The summed E-state index contributed by atoms with van der Waals surface area (Å²) in [7, 11) is 0. The Balaban J connectivity index is 1.78. The lowest BCUT2D eigenvalue weighted by Crippen LogP contribution is -2.15. The van der Waals surface area contributed by atoms with Crippen LogP contribution in [0.2, 0.25) is 0 Å². The maximum atomic E-state index is 12.4. The summed E-state index contributed by atoms with van der Waals surface area (Å²) in [4.78, 5) is 26.2. The molecular weight excluding hydrogens is 306 g/mol. The molecule has 4 heterocycles. The molecule has 2 aromatic rings. The number of H-pyrrole nitrogens is 1. The third-order valence-electron chi connectivity index (χ3n) is 3.89. The zero-order valence-corrected chi connectivity index (χ0v) is 13.3. The molecule has 0 aliphatic carbocycles. The van der Waals surface area contributed by atoms with Gasteiger partial charge in [0, 0.05) is 6.42 Å². The monoisotopic (exact) mass is 321 g/mol. The number of nitrogens with one attached hydrogen (secondary N) is 1.